The highest BCUT2D eigenvalue weighted by Crippen LogP contribution is 2.22. The number of sulfone groups is 1. The molecule has 0 aliphatic rings. The van der Waals surface area contributed by atoms with Crippen LogP contribution in [0.4, 0.5) is 4.39 Å². The molecule has 0 fully saturated rings. The number of carbonyl (C=O) groups is 1. The molecule has 0 aromatic heterocycles. The Bertz CT molecular complexity index is 847. The number of amides is 1. The van der Waals surface area contributed by atoms with E-state index < -0.39 is 21.7 Å². The van der Waals surface area contributed by atoms with Gasteiger partial charge in [0.1, 0.15) is 0 Å². The van der Waals surface area contributed by atoms with Crippen LogP contribution in [0.1, 0.15) is 28.9 Å². The highest BCUT2D eigenvalue weighted by Gasteiger charge is 2.14. The first-order chi connectivity index (χ1) is 11.2. The van der Waals surface area contributed by atoms with Gasteiger partial charge in [0.25, 0.3) is 5.91 Å². The number of nitrogens with one attached hydrogen (secondary N) is 1. The Balaban J connectivity index is 2.12. The normalized spacial score (nSPS) is 12.5. The zero-order valence-corrected chi connectivity index (χ0v) is 14.4. The molecule has 0 radical (unpaired) electrons. The fourth-order valence-corrected chi connectivity index (χ4v) is 2.80. The van der Waals surface area contributed by atoms with Crippen molar-refractivity contribution < 1.29 is 22.3 Å². The van der Waals surface area contributed by atoms with Gasteiger partial charge in [-0.15, -0.1) is 0 Å². The minimum Gasteiger partial charge on any atom is -0.494 e. The van der Waals surface area contributed by atoms with Crippen LogP contribution in [-0.4, -0.2) is 27.7 Å². The minimum atomic E-state index is -3.31. The van der Waals surface area contributed by atoms with Crippen LogP contribution < -0.4 is 10.1 Å². The van der Waals surface area contributed by atoms with Crippen LogP contribution in [0.3, 0.4) is 0 Å². The van der Waals surface area contributed by atoms with Crippen molar-refractivity contribution in [1.29, 1.82) is 0 Å². The number of rotatable bonds is 5. The van der Waals surface area contributed by atoms with Gasteiger partial charge in [-0.25, -0.2) is 12.8 Å². The largest absolute Gasteiger partial charge is 0.494 e. The summed E-state index contributed by atoms with van der Waals surface area (Å²) in [5, 5.41) is 2.74. The van der Waals surface area contributed by atoms with Crippen molar-refractivity contribution >= 4 is 15.7 Å². The van der Waals surface area contributed by atoms with Crippen LogP contribution in [0.25, 0.3) is 0 Å². The molecule has 0 aliphatic carbocycles. The number of hydrogen-bond acceptors (Lipinski definition) is 4. The molecule has 1 atom stereocenters. The van der Waals surface area contributed by atoms with E-state index in [4.69, 9.17) is 4.74 Å². The quantitative estimate of drug-likeness (QED) is 0.899. The van der Waals surface area contributed by atoms with Gasteiger partial charge < -0.3 is 10.1 Å². The van der Waals surface area contributed by atoms with Crippen LogP contribution in [0.5, 0.6) is 5.75 Å². The van der Waals surface area contributed by atoms with Crippen LogP contribution in [0, 0.1) is 5.82 Å². The average Bonchev–Trinajstić information content (AvgIpc) is 2.54. The Labute approximate surface area is 140 Å². The van der Waals surface area contributed by atoms with E-state index in [0.717, 1.165) is 6.26 Å². The third-order valence-corrected chi connectivity index (χ3v) is 4.70. The summed E-state index contributed by atoms with van der Waals surface area (Å²) in [4.78, 5) is 12.4. The van der Waals surface area contributed by atoms with E-state index in [1.165, 1.54) is 43.5 Å². The van der Waals surface area contributed by atoms with E-state index in [1.807, 2.05) is 0 Å². The maximum Gasteiger partial charge on any atom is 0.251 e. The SMILES string of the molecule is COc1ccc(C(C)NC(=O)c2ccc(S(C)(=O)=O)cc2)cc1F. The second kappa shape index (κ2) is 7.00. The number of benzene rings is 2. The maximum atomic E-state index is 13.7. The van der Waals surface area contributed by atoms with Crippen molar-refractivity contribution in [3.63, 3.8) is 0 Å². The molecule has 1 amide bonds. The smallest absolute Gasteiger partial charge is 0.251 e. The van der Waals surface area contributed by atoms with E-state index in [9.17, 15) is 17.6 Å². The van der Waals surface area contributed by atoms with Gasteiger partial charge in [-0.2, -0.15) is 0 Å². The molecule has 0 heterocycles. The highest BCUT2D eigenvalue weighted by molar-refractivity contribution is 7.90. The summed E-state index contributed by atoms with van der Waals surface area (Å²) in [5.74, 6) is -0.749. The van der Waals surface area contributed by atoms with Gasteiger partial charge in [0, 0.05) is 11.8 Å². The number of methoxy groups -OCH3 is 1. The maximum absolute atomic E-state index is 13.7. The van der Waals surface area contributed by atoms with Crippen molar-refractivity contribution in [3.8, 4) is 5.75 Å². The van der Waals surface area contributed by atoms with Crippen LogP contribution in [-0.2, 0) is 9.84 Å². The average molecular weight is 351 g/mol. The standard InChI is InChI=1S/C17H18FNO4S/c1-11(13-6-9-16(23-2)15(18)10-13)19-17(20)12-4-7-14(8-5-12)24(3,21)22/h4-11H,1-3H3,(H,19,20). The molecule has 0 saturated carbocycles. The molecule has 0 bridgehead atoms. The molecule has 2 rings (SSSR count). The molecule has 7 heteroatoms. The Hall–Kier alpha value is -2.41. The zero-order chi connectivity index (χ0) is 17.9. The Morgan fingerprint density at radius 1 is 1.17 bits per heavy atom. The van der Waals surface area contributed by atoms with Gasteiger partial charge >= 0.3 is 0 Å². The summed E-state index contributed by atoms with van der Waals surface area (Å²) in [6, 6.07) is 9.67. The number of hydrogen-bond donors (Lipinski definition) is 1. The molecule has 2 aromatic rings. The van der Waals surface area contributed by atoms with Crippen molar-refractivity contribution in [2.24, 2.45) is 0 Å². The Morgan fingerprint density at radius 2 is 1.79 bits per heavy atom. The topological polar surface area (TPSA) is 72.5 Å². The molecule has 128 valence electrons. The van der Waals surface area contributed by atoms with Crippen LogP contribution in [0.2, 0.25) is 0 Å². The number of halogens is 1. The van der Waals surface area contributed by atoms with Crippen molar-refractivity contribution in [1.82, 2.24) is 5.32 Å². The number of carbonyl (C=O) groups excluding carboxylic acids is 1. The summed E-state index contributed by atoms with van der Waals surface area (Å²) in [6.45, 7) is 1.73. The molecule has 5 nitrogen and oxygen atoms in total. The van der Waals surface area contributed by atoms with E-state index in [-0.39, 0.29) is 16.6 Å². The molecule has 0 aliphatic heterocycles. The van der Waals surface area contributed by atoms with Crippen LogP contribution >= 0.6 is 0 Å². The van der Waals surface area contributed by atoms with E-state index in [1.54, 1.807) is 13.0 Å². The minimum absolute atomic E-state index is 0.133. The summed E-state index contributed by atoms with van der Waals surface area (Å²) in [5.41, 5.74) is 0.914. The Kier molecular flexibility index (Phi) is 5.23. The first kappa shape index (κ1) is 17.9. The van der Waals surface area contributed by atoms with Gasteiger partial charge in [-0.05, 0) is 48.9 Å². The first-order valence-electron chi connectivity index (χ1n) is 7.17. The second-order valence-corrected chi connectivity index (χ2v) is 7.40. The third kappa shape index (κ3) is 4.11. The van der Waals surface area contributed by atoms with E-state index >= 15 is 0 Å². The summed E-state index contributed by atoms with van der Waals surface area (Å²) < 4.78 is 41.4. The molecular formula is C17H18FNO4S. The van der Waals surface area contributed by atoms with Crippen molar-refractivity contribution in [2.75, 3.05) is 13.4 Å². The molecule has 0 saturated heterocycles. The predicted octanol–water partition coefficient (Wildman–Crippen LogP) is 2.73. The van der Waals surface area contributed by atoms with E-state index in [0.29, 0.717) is 11.1 Å². The predicted molar refractivity (Wildman–Crippen MR) is 88.4 cm³/mol. The highest BCUT2D eigenvalue weighted by atomic mass is 32.2. The fourth-order valence-electron chi connectivity index (χ4n) is 2.17. The lowest BCUT2D eigenvalue weighted by Crippen LogP contribution is -2.26. The molecule has 1 N–H and O–H groups in total. The van der Waals surface area contributed by atoms with E-state index in [2.05, 4.69) is 5.32 Å². The van der Waals surface area contributed by atoms with Crippen LogP contribution in [0.15, 0.2) is 47.4 Å². The zero-order valence-electron chi connectivity index (χ0n) is 13.5. The van der Waals surface area contributed by atoms with Gasteiger partial charge in [-0.3, -0.25) is 4.79 Å². The summed E-state index contributed by atoms with van der Waals surface area (Å²) >= 11 is 0. The monoisotopic (exact) mass is 351 g/mol. The van der Waals surface area contributed by atoms with Gasteiger partial charge in [0.05, 0.1) is 18.0 Å². The van der Waals surface area contributed by atoms with Gasteiger partial charge in [0.2, 0.25) is 0 Å². The summed E-state index contributed by atoms with van der Waals surface area (Å²) in [7, 11) is -1.93. The molecule has 2 aromatic carbocycles. The van der Waals surface area contributed by atoms with Crippen molar-refractivity contribution in [3.05, 3.63) is 59.4 Å². The van der Waals surface area contributed by atoms with Crippen molar-refractivity contribution in [2.45, 2.75) is 17.9 Å². The first-order valence-corrected chi connectivity index (χ1v) is 9.06. The third-order valence-electron chi connectivity index (χ3n) is 3.57. The molecular weight excluding hydrogens is 333 g/mol. The number of ether oxygens (including phenoxy) is 1. The lowest BCUT2D eigenvalue weighted by molar-refractivity contribution is 0.0939. The fraction of sp³-hybridized carbons (Fsp3) is 0.235. The lowest BCUT2D eigenvalue weighted by atomic mass is 10.1. The lowest BCUT2D eigenvalue weighted by Gasteiger charge is -2.15. The molecule has 24 heavy (non-hydrogen) atoms. The summed E-state index contributed by atoms with van der Waals surface area (Å²) in [6.07, 6.45) is 1.10. The molecule has 1 unspecified atom stereocenters. The van der Waals surface area contributed by atoms with Gasteiger partial charge in [0.15, 0.2) is 21.4 Å². The molecule has 0 spiro atoms. The van der Waals surface area contributed by atoms with Gasteiger partial charge in [-0.1, -0.05) is 6.07 Å². The Morgan fingerprint density at radius 3 is 2.29 bits per heavy atom. The second-order valence-electron chi connectivity index (χ2n) is 5.39.